The zero-order chi connectivity index (χ0) is 18.0. The van der Waals surface area contributed by atoms with Crippen molar-refractivity contribution in [3.63, 3.8) is 0 Å². The summed E-state index contributed by atoms with van der Waals surface area (Å²) in [5, 5.41) is 5.31. The number of hydrazine groups is 1. The fourth-order valence-corrected chi connectivity index (χ4v) is 2.89. The van der Waals surface area contributed by atoms with Gasteiger partial charge in [0, 0.05) is 16.9 Å². The van der Waals surface area contributed by atoms with Gasteiger partial charge in [-0.15, -0.1) is 0 Å². The molecule has 0 unspecified atom stereocenters. The number of nitrogens with one attached hydrogen (secondary N) is 2. The van der Waals surface area contributed by atoms with Crippen molar-refractivity contribution in [1.82, 2.24) is 25.2 Å². The molecule has 0 bridgehead atoms. The zero-order valence-corrected chi connectivity index (χ0v) is 14.5. The number of carbonyl (C=O) groups is 2. The Hall–Kier alpha value is -3.09. The standard InChI is InChI=1S/C18H21N5O2/c1-12-8-14(3)23(21-12)11-18(25)20-19-17(24)10-22-13(2)9-15-6-4-5-7-16(15)22/h4-9H,10-11H2,1-3H3,(H,19,24)(H,20,25). The van der Waals surface area contributed by atoms with E-state index >= 15 is 0 Å². The zero-order valence-electron chi connectivity index (χ0n) is 14.5. The number of rotatable bonds is 4. The van der Waals surface area contributed by atoms with Gasteiger partial charge in [-0.2, -0.15) is 5.10 Å². The lowest BCUT2D eigenvalue weighted by atomic mass is 10.2. The van der Waals surface area contributed by atoms with Gasteiger partial charge < -0.3 is 4.57 Å². The summed E-state index contributed by atoms with van der Waals surface area (Å²) < 4.78 is 3.51. The Morgan fingerprint density at radius 2 is 1.64 bits per heavy atom. The Bertz CT molecular complexity index is 938. The van der Waals surface area contributed by atoms with Crippen LogP contribution in [0.4, 0.5) is 0 Å². The number of para-hydroxylation sites is 1. The molecule has 0 atom stereocenters. The van der Waals surface area contributed by atoms with Gasteiger partial charge in [-0.05, 0) is 44.4 Å². The van der Waals surface area contributed by atoms with E-state index in [0.717, 1.165) is 28.0 Å². The Balaban J connectivity index is 1.58. The first-order valence-electron chi connectivity index (χ1n) is 8.07. The number of nitrogens with zero attached hydrogens (tertiary/aromatic N) is 3. The Labute approximate surface area is 145 Å². The highest BCUT2D eigenvalue weighted by molar-refractivity contribution is 5.85. The molecule has 130 valence electrons. The first kappa shape index (κ1) is 16.8. The number of aryl methyl sites for hydroxylation is 3. The second-order valence-corrected chi connectivity index (χ2v) is 6.11. The van der Waals surface area contributed by atoms with Crippen LogP contribution < -0.4 is 10.9 Å². The summed E-state index contributed by atoms with van der Waals surface area (Å²) in [5.74, 6) is -0.611. The molecule has 3 aromatic rings. The Morgan fingerprint density at radius 3 is 2.32 bits per heavy atom. The summed E-state index contributed by atoms with van der Waals surface area (Å²) in [6.45, 7) is 5.90. The van der Waals surface area contributed by atoms with Gasteiger partial charge in [-0.1, -0.05) is 18.2 Å². The van der Waals surface area contributed by atoms with Gasteiger partial charge in [-0.25, -0.2) is 0 Å². The quantitative estimate of drug-likeness (QED) is 0.709. The van der Waals surface area contributed by atoms with Gasteiger partial charge in [0.2, 0.25) is 0 Å². The van der Waals surface area contributed by atoms with Crippen molar-refractivity contribution in [2.45, 2.75) is 33.9 Å². The first-order chi connectivity index (χ1) is 11.9. The summed E-state index contributed by atoms with van der Waals surface area (Å²) in [4.78, 5) is 24.1. The number of hydrogen-bond donors (Lipinski definition) is 2. The second-order valence-electron chi connectivity index (χ2n) is 6.11. The van der Waals surface area contributed by atoms with Crippen LogP contribution in [0.5, 0.6) is 0 Å². The van der Waals surface area contributed by atoms with E-state index in [-0.39, 0.29) is 24.9 Å². The molecule has 0 spiro atoms. The fourth-order valence-electron chi connectivity index (χ4n) is 2.89. The fraction of sp³-hybridized carbons (Fsp3) is 0.278. The maximum Gasteiger partial charge on any atom is 0.260 e. The molecule has 3 rings (SSSR count). The molecule has 0 aliphatic heterocycles. The van der Waals surface area contributed by atoms with Crippen LogP contribution in [0.1, 0.15) is 17.1 Å². The van der Waals surface area contributed by atoms with Crippen LogP contribution in [0.25, 0.3) is 10.9 Å². The van der Waals surface area contributed by atoms with Crippen molar-refractivity contribution in [3.8, 4) is 0 Å². The van der Waals surface area contributed by atoms with Gasteiger partial charge in [0.25, 0.3) is 11.8 Å². The third kappa shape index (κ3) is 3.71. The van der Waals surface area contributed by atoms with E-state index in [0.29, 0.717) is 0 Å². The van der Waals surface area contributed by atoms with Crippen LogP contribution in [0.2, 0.25) is 0 Å². The number of carbonyl (C=O) groups excluding carboxylic acids is 2. The second kappa shape index (κ2) is 6.80. The van der Waals surface area contributed by atoms with Crippen molar-refractivity contribution in [2.75, 3.05) is 0 Å². The van der Waals surface area contributed by atoms with Crippen LogP contribution >= 0.6 is 0 Å². The molecule has 7 nitrogen and oxygen atoms in total. The molecular weight excluding hydrogens is 318 g/mol. The van der Waals surface area contributed by atoms with E-state index in [2.05, 4.69) is 16.0 Å². The Kier molecular flexibility index (Phi) is 4.56. The van der Waals surface area contributed by atoms with Crippen LogP contribution in [0.3, 0.4) is 0 Å². The predicted molar refractivity (Wildman–Crippen MR) is 94.7 cm³/mol. The van der Waals surface area contributed by atoms with Crippen LogP contribution in [0, 0.1) is 20.8 Å². The molecular formula is C18H21N5O2. The van der Waals surface area contributed by atoms with E-state index in [1.807, 2.05) is 61.7 Å². The van der Waals surface area contributed by atoms with Crippen molar-refractivity contribution in [3.05, 3.63) is 53.5 Å². The highest BCUT2D eigenvalue weighted by Crippen LogP contribution is 2.18. The minimum atomic E-state index is -0.325. The van der Waals surface area contributed by atoms with Crippen molar-refractivity contribution in [1.29, 1.82) is 0 Å². The number of hydrogen-bond acceptors (Lipinski definition) is 3. The van der Waals surface area contributed by atoms with Gasteiger partial charge >= 0.3 is 0 Å². The third-order valence-corrected chi connectivity index (χ3v) is 4.06. The topological polar surface area (TPSA) is 81.0 Å². The number of aromatic nitrogens is 3. The van der Waals surface area contributed by atoms with Gasteiger partial charge in [0.15, 0.2) is 0 Å². The monoisotopic (exact) mass is 339 g/mol. The predicted octanol–water partition coefficient (Wildman–Crippen LogP) is 1.61. The lowest BCUT2D eigenvalue weighted by Gasteiger charge is -2.11. The molecule has 0 radical (unpaired) electrons. The molecule has 0 saturated heterocycles. The summed E-state index contributed by atoms with van der Waals surface area (Å²) in [7, 11) is 0. The molecule has 25 heavy (non-hydrogen) atoms. The minimum absolute atomic E-state index is 0.0609. The van der Waals surface area contributed by atoms with E-state index in [4.69, 9.17) is 0 Å². The minimum Gasteiger partial charge on any atom is -0.335 e. The average molecular weight is 339 g/mol. The van der Waals surface area contributed by atoms with Crippen molar-refractivity contribution < 1.29 is 9.59 Å². The molecule has 2 aromatic heterocycles. The number of fused-ring (bicyclic) bond motifs is 1. The lowest BCUT2D eigenvalue weighted by Crippen LogP contribution is -2.44. The first-order valence-corrected chi connectivity index (χ1v) is 8.07. The summed E-state index contributed by atoms with van der Waals surface area (Å²) in [5.41, 5.74) is 8.62. The largest absolute Gasteiger partial charge is 0.335 e. The molecule has 7 heteroatoms. The lowest BCUT2D eigenvalue weighted by molar-refractivity contribution is -0.129. The van der Waals surface area contributed by atoms with Gasteiger partial charge in [-0.3, -0.25) is 25.1 Å². The van der Waals surface area contributed by atoms with E-state index in [1.165, 1.54) is 0 Å². The van der Waals surface area contributed by atoms with Crippen LogP contribution in [-0.2, 0) is 22.7 Å². The molecule has 2 heterocycles. The highest BCUT2D eigenvalue weighted by atomic mass is 16.2. The van der Waals surface area contributed by atoms with Crippen LogP contribution in [-0.4, -0.2) is 26.2 Å². The van der Waals surface area contributed by atoms with E-state index < -0.39 is 0 Å². The third-order valence-electron chi connectivity index (χ3n) is 4.06. The van der Waals surface area contributed by atoms with Crippen LogP contribution in [0.15, 0.2) is 36.4 Å². The molecule has 2 amide bonds. The summed E-state index contributed by atoms with van der Waals surface area (Å²) >= 11 is 0. The molecule has 0 fully saturated rings. The molecule has 0 aliphatic carbocycles. The van der Waals surface area contributed by atoms with Gasteiger partial charge in [0.05, 0.1) is 5.69 Å². The summed E-state index contributed by atoms with van der Waals surface area (Å²) in [6, 6.07) is 11.8. The normalized spacial score (nSPS) is 10.8. The maximum atomic E-state index is 12.2. The Morgan fingerprint density at radius 1 is 0.960 bits per heavy atom. The van der Waals surface area contributed by atoms with E-state index in [1.54, 1.807) is 4.68 Å². The molecule has 2 N–H and O–H groups in total. The van der Waals surface area contributed by atoms with Crippen molar-refractivity contribution in [2.24, 2.45) is 0 Å². The highest BCUT2D eigenvalue weighted by Gasteiger charge is 2.11. The molecule has 1 aromatic carbocycles. The SMILES string of the molecule is Cc1cc(C)n(CC(=O)NNC(=O)Cn2c(C)cc3ccccc32)n1. The summed E-state index contributed by atoms with van der Waals surface area (Å²) in [6.07, 6.45) is 0. The van der Waals surface area contributed by atoms with Crippen molar-refractivity contribution >= 4 is 22.7 Å². The number of benzene rings is 1. The molecule has 0 saturated carbocycles. The van der Waals surface area contributed by atoms with E-state index in [9.17, 15) is 9.59 Å². The number of amides is 2. The van der Waals surface area contributed by atoms with Gasteiger partial charge in [0.1, 0.15) is 13.1 Å². The average Bonchev–Trinajstić information content (AvgIpc) is 3.04. The maximum absolute atomic E-state index is 12.2. The molecule has 0 aliphatic rings. The smallest absolute Gasteiger partial charge is 0.260 e.